The number of ether oxygens (including phenoxy) is 2. The Morgan fingerprint density at radius 1 is 1.07 bits per heavy atom. The van der Waals surface area contributed by atoms with Crippen molar-refractivity contribution < 1.29 is 14.3 Å². The van der Waals surface area contributed by atoms with E-state index < -0.39 is 0 Å². The van der Waals surface area contributed by atoms with Gasteiger partial charge in [0.1, 0.15) is 13.2 Å². The number of thioether (sulfide) groups is 1. The lowest BCUT2D eigenvalue weighted by atomic mass is 10.1. The van der Waals surface area contributed by atoms with Gasteiger partial charge in [0.05, 0.1) is 6.54 Å². The summed E-state index contributed by atoms with van der Waals surface area (Å²) in [4.78, 5) is 12.4. The number of hydrogen-bond donors (Lipinski definition) is 1. The number of carbonyl (C=O) groups excluding carboxylic acids is 1. The van der Waals surface area contributed by atoms with Crippen LogP contribution in [0, 0.1) is 0 Å². The third-order valence-electron chi connectivity index (χ3n) is 3.88. The van der Waals surface area contributed by atoms with E-state index in [-0.39, 0.29) is 12.3 Å². The van der Waals surface area contributed by atoms with E-state index in [1.807, 2.05) is 18.2 Å². The third kappa shape index (κ3) is 4.58. The van der Waals surface area contributed by atoms with Gasteiger partial charge in [-0.2, -0.15) is 0 Å². The molecule has 0 unspecified atom stereocenters. The van der Waals surface area contributed by atoms with Crippen molar-refractivity contribution in [2.24, 2.45) is 0 Å². The Labute approximate surface area is 164 Å². The fourth-order valence-corrected chi connectivity index (χ4v) is 4.24. The summed E-state index contributed by atoms with van der Waals surface area (Å²) in [5, 5.41) is 12.0. The van der Waals surface area contributed by atoms with E-state index in [0.29, 0.717) is 35.4 Å². The van der Waals surface area contributed by atoms with Crippen molar-refractivity contribution in [3.8, 4) is 11.5 Å². The van der Waals surface area contributed by atoms with Gasteiger partial charge < -0.3 is 14.8 Å². The number of anilines is 1. The number of carbonyl (C=O) groups is 1. The van der Waals surface area contributed by atoms with E-state index >= 15 is 0 Å². The maximum atomic E-state index is 12.4. The van der Waals surface area contributed by atoms with Gasteiger partial charge >= 0.3 is 0 Å². The molecule has 1 aromatic heterocycles. The van der Waals surface area contributed by atoms with E-state index in [9.17, 15) is 4.79 Å². The van der Waals surface area contributed by atoms with E-state index in [0.717, 1.165) is 10.1 Å². The van der Waals surface area contributed by atoms with Crippen LogP contribution in [-0.2, 0) is 5.75 Å². The highest BCUT2D eigenvalue weighted by Crippen LogP contribution is 2.31. The van der Waals surface area contributed by atoms with Crippen LogP contribution in [0.5, 0.6) is 11.5 Å². The number of benzene rings is 2. The molecule has 27 heavy (non-hydrogen) atoms. The summed E-state index contributed by atoms with van der Waals surface area (Å²) < 4.78 is 11.9. The van der Waals surface area contributed by atoms with Crippen LogP contribution in [0.4, 0.5) is 5.13 Å². The molecule has 0 atom stereocenters. The standard InChI is InChI=1S/C19H17N3O3S2/c23-15(14-6-7-16-17(10-14)25-9-8-24-16)11-20-18-21-22-19(27-18)26-12-13-4-2-1-3-5-13/h1-7,10H,8-9,11-12H2,(H,20,21). The van der Waals surface area contributed by atoms with Crippen LogP contribution in [0.2, 0.25) is 0 Å². The first-order valence-electron chi connectivity index (χ1n) is 8.45. The summed E-state index contributed by atoms with van der Waals surface area (Å²) in [6.07, 6.45) is 0. The molecular formula is C19H17N3O3S2. The SMILES string of the molecule is O=C(CNc1nnc(SCc2ccccc2)s1)c1ccc2c(c1)OCCO2. The number of Topliss-reactive ketones (excluding diaryl/α,β-unsaturated/α-hetero) is 1. The van der Waals surface area contributed by atoms with Crippen molar-refractivity contribution in [2.45, 2.75) is 10.1 Å². The van der Waals surface area contributed by atoms with E-state index in [4.69, 9.17) is 9.47 Å². The van der Waals surface area contributed by atoms with Crippen LogP contribution in [0.3, 0.4) is 0 Å². The van der Waals surface area contributed by atoms with Crippen LogP contribution < -0.4 is 14.8 Å². The summed E-state index contributed by atoms with van der Waals surface area (Å²) in [6.45, 7) is 1.18. The number of aromatic nitrogens is 2. The minimum absolute atomic E-state index is 0.0411. The molecule has 6 nitrogen and oxygen atoms in total. The zero-order valence-corrected chi connectivity index (χ0v) is 16.0. The first kappa shape index (κ1) is 17.8. The van der Waals surface area contributed by atoms with Crippen LogP contribution in [-0.4, -0.2) is 35.7 Å². The van der Waals surface area contributed by atoms with Gasteiger partial charge in [-0.1, -0.05) is 53.4 Å². The highest BCUT2D eigenvalue weighted by atomic mass is 32.2. The lowest BCUT2D eigenvalue weighted by Crippen LogP contribution is -2.17. The van der Waals surface area contributed by atoms with Gasteiger partial charge in [-0.05, 0) is 23.8 Å². The van der Waals surface area contributed by atoms with Gasteiger partial charge in [-0.15, -0.1) is 10.2 Å². The molecule has 0 saturated carbocycles. The Morgan fingerprint density at radius 2 is 1.89 bits per heavy atom. The summed E-state index contributed by atoms with van der Waals surface area (Å²) >= 11 is 3.07. The maximum Gasteiger partial charge on any atom is 0.206 e. The second kappa shape index (κ2) is 8.41. The topological polar surface area (TPSA) is 73.3 Å². The average Bonchev–Trinajstić information content (AvgIpc) is 3.19. The Morgan fingerprint density at radius 3 is 2.74 bits per heavy atom. The Hall–Kier alpha value is -2.58. The van der Waals surface area contributed by atoms with Crippen LogP contribution in [0.15, 0.2) is 52.9 Å². The lowest BCUT2D eigenvalue weighted by Gasteiger charge is -2.18. The van der Waals surface area contributed by atoms with Crippen molar-refractivity contribution in [1.82, 2.24) is 10.2 Å². The van der Waals surface area contributed by atoms with Crippen molar-refractivity contribution in [1.29, 1.82) is 0 Å². The fraction of sp³-hybridized carbons (Fsp3) is 0.211. The molecule has 2 heterocycles. The molecular weight excluding hydrogens is 382 g/mol. The minimum atomic E-state index is -0.0411. The minimum Gasteiger partial charge on any atom is -0.486 e. The highest BCUT2D eigenvalue weighted by Gasteiger charge is 2.15. The van der Waals surface area contributed by atoms with E-state index in [1.54, 1.807) is 30.0 Å². The molecule has 1 aliphatic heterocycles. The van der Waals surface area contributed by atoms with Gasteiger partial charge in [0.15, 0.2) is 21.6 Å². The normalized spacial score (nSPS) is 12.6. The largest absolute Gasteiger partial charge is 0.486 e. The molecule has 3 aromatic rings. The summed E-state index contributed by atoms with van der Waals surface area (Å²) in [5.74, 6) is 2.09. The zero-order chi connectivity index (χ0) is 18.5. The summed E-state index contributed by atoms with van der Waals surface area (Å²) in [7, 11) is 0. The molecule has 0 spiro atoms. The smallest absolute Gasteiger partial charge is 0.206 e. The molecule has 2 aromatic carbocycles. The summed E-state index contributed by atoms with van der Waals surface area (Å²) in [5.41, 5.74) is 1.82. The molecule has 138 valence electrons. The number of ketones is 1. The predicted octanol–water partition coefficient (Wildman–Crippen LogP) is 3.90. The fourth-order valence-electron chi connectivity index (χ4n) is 2.53. The molecule has 4 rings (SSSR count). The molecule has 8 heteroatoms. The first-order chi connectivity index (χ1) is 13.3. The number of rotatable bonds is 7. The van der Waals surface area contributed by atoms with Crippen molar-refractivity contribution >= 4 is 34.0 Å². The van der Waals surface area contributed by atoms with Gasteiger partial charge in [-0.3, -0.25) is 4.79 Å². The lowest BCUT2D eigenvalue weighted by molar-refractivity contribution is 0.100. The number of nitrogens with zero attached hydrogens (tertiary/aromatic N) is 2. The van der Waals surface area contributed by atoms with Gasteiger partial charge in [0.2, 0.25) is 5.13 Å². The Kier molecular flexibility index (Phi) is 5.55. The first-order valence-corrected chi connectivity index (χ1v) is 10.2. The van der Waals surface area contributed by atoms with E-state index in [2.05, 4.69) is 27.6 Å². The number of nitrogens with one attached hydrogen (secondary N) is 1. The monoisotopic (exact) mass is 399 g/mol. The van der Waals surface area contributed by atoms with Crippen LogP contribution in [0.25, 0.3) is 0 Å². The molecule has 0 aliphatic carbocycles. The predicted molar refractivity (Wildman–Crippen MR) is 106 cm³/mol. The molecule has 1 N–H and O–H groups in total. The molecule has 0 radical (unpaired) electrons. The molecule has 0 fully saturated rings. The van der Waals surface area contributed by atoms with E-state index in [1.165, 1.54) is 16.9 Å². The highest BCUT2D eigenvalue weighted by molar-refractivity contribution is 8.00. The Bertz CT molecular complexity index is 931. The van der Waals surface area contributed by atoms with Gasteiger partial charge in [-0.25, -0.2) is 0 Å². The number of fused-ring (bicyclic) bond motifs is 1. The second-order valence-electron chi connectivity index (χ2n) is 5.78. The van der Waals surface area contributed by atoms with Crippen molar-refractivity contribution in [3.05, 3.63) is 59.7 Å². The molecule has 0 amide bonds. The molecule has 0 bridgehead atoms. The summed E-state index contributed by atoms with van der Waals surface area (Å²) in [6, 6.07) is 15.4. The van der Waals surface area contributed by atoms with Gasteiger partial charge in [0.25, 0.3) is 0 Å². The maximum absolute atomic E-state index is 12.4. The average molecular weight is 399 g/mol. The number of hydrogen-bond acceptors (Lipinski definition) is 8. The van der Waals surface area contributed by atoms with Crippen LogP contribution in [0.1, 0.15) is 15.9 Å². The molecule has 0 saturated heterocycles. The quantitative estimate of drug-likeness (QED) is 0.477. The molecule has 1 aliphatic rings. The van der Waals surface area contributed by atoms with Crippen LogP contribution >= 0.6 is 23.1 Å². The zero-order valence-electron chi connectivity index (χ0n) is 14.4. The third-order valence-corrected chi connectivity index (χ3v) is 5.96. The van der Waals surface area contributed by atoms with Crippen molar-refractivity contribution in [3.63, 3.8) is 0 Å². The Balaban J connectivity index is 1.31. The second-order valence-corrected chi connectivity index (χ2v) is 7.98. The van der Waals surface area contributed by atoms with Gasteiger partial charge in [0, 0.05) is 11.3 Å². The van der Waals surface area contributed by atoms with Crippen molar-refractivity contribution in [2.75, 3.05) is 25.1 Å².